The summed E-state index contributed by atoms with van der Waals surface area (Å²) in [7, 11) is -1.09. The Morgan fingerprint density at radius 1 is 0.949 bits per heavy atom. The first kappa shape index (κ1) is 27.9. The highest BCUT2D eigenvalue weighted by atomic mass is 32.2. The van der Waals surface area contributed by atoms with Gasteiger partial charge in [-0.25, -0.2) is 8.42 Å². The van der Waals surface area contributed by atoms with Gasteiger partial charge in [0.05, 0.1) is 32.2 Å². The Kier molecular flexibility index (Phi) is 8.41. The summed E-state index contributed by atoms with van der Waals surface area (Å²) < 4.78 is 49.0. The summed E-state index contributed by atoms with van der Waals surface area (Å²) >= 11 is 0. The minimum absolute atomic E-state index is 0.0661. The lowest BCUT2D eigenvalue weighted by Crippen LogP contribution is -2.34. The van der Waals surface area contributed by atoms with Gasteiger partial charge < -0.3 is 14.2 Å². The van der Waals surface area contributed by atoms with Gasteiger partial charge in [0.2, 0.25) is 16.0 Å². The molecule has 1 N–H and O–H groups in total. The lowest BCUT2D eigenvalue weighted by Gasteiger charge is -2.26. The third-order valence-electron chi connectivity index (χ3n) is 5.86. The fourth-order valence-electron chi connectivity index (χ4n) is 4.03. The summed E-state index contributed by atoms with van der Waals surface area (Å²) in [6.07, 6.45) is 6.66. The van der Waals surface area contributed by atoms with Crippen molar-refractivity contribution in [2.24, 2.45) is 0 Å². The Bertz CT molecular complexity index is 1500. The molecule has 3 heterocycles. The number of methoxy groups -OCH3 is 2. The highest BCUT2D eigenvalue weighted by Gasteiger charge is 2.35. The summed E-state index contributed by atoms with van der Waals surface area (Å²) in [4.78, 5) is 12.6. The molecule has 0 amide bonds. The topological polar surface area (TPSA) is 143 Å². The molecule has 0 saturated heterocycles. The van der Waals surface area contributed by atoms with Crippen molar-refractivity contribution < 1.29 is 22.6 Å². The Morgan fingerprint density at radius 2 is 1.67 bits per heavy atom. The van der Waals surface area contributed by atoms with E-state index in [1.807, 2.05) is 26.8 Å². The van der Waals surface area contributed by atoms with Crippen molar-refractivity contribution in [2.75, 3.05) is 18.9 Å². The van der Waals surface area contributed by atoms with Gasteiger partial charge in [-0.2, -0.15) is 0 Å². The monoisotopic (exact) mass is 553 g/mol. The molecule has 12 nitrogen and oxygen atoms in total. The zero-order valence-corrected chi connectivity index (χ0v) is 23.4. The van der Waals surface area contributed by atoms with E-state index in [4.69, 9.17) is 14.2 Å². The molecule has 0 spiro atoms. The molecule has 1 aromatic carbocycles. The standard InChI is InChI=1S/C26H31N7O5S/c1-16(2)38-24(20-15-27-10-11-29-20)18(4)39(34,35)32-26-31-30-25(19-12-17(3)13-28-14-19)33(26)23-21(36-5)8-7-9-22(23)37-6/h7-16,18,24H,1-6H3,(H,31,32)/t18-,24+/m1/s1. The summed E-state index contributed by atoms with van der Waals surface area (Å²) in [5.74, 6) is 1.11. The Hall–Kier alpha value is -4.10. The van der Waals surface area contributed by atoms with Crippen LogP contribution in [0.25, 0.3) is 17.1 Å². The number of nitrogens with zero attached hydrogens (tertiary/aromatic N) is 6. The van der Waals surface area contributed by atoms with Gasteiger partial charge in [0.25, 0.3) is 0 Å². The fraction of sp³-hybridized carbons (Fsp3) is 0.346. The Balaban J connectivity index is 1.85. The van der Waals surface area contributed by atoms with E-state index in [2.05, 4.69) is 29.9 Å². The first-order valence-electron chi connectivity index (χ1n) is 12.2. The third kappa shape index (κ3) is 5.99. The molecule has 2 atom stereocenters. The minimum Gasteiger partial charge on any atom is -0.494 e. The van der Waals surface area contributed by atoms with Crippen molar-refractivity contribution >= 4 is 16.0 Å². The molecule has 0 unspecified atom stereocenters. The van der Waals surface area contributed by atoms with Gasteiger partial charge in [-0.1, -0.05) is 6.07 Å². The Morgan fingerprint density at radius 3 is 2.26 bits per heavy atom. The van der Waals surface area contributed by atoms with E-state index < -0.39 is 21.4 Å². The van der Waals surface area contributed by atoms with Gasteiger partial charge in [0.15, 0.2) is 5.82 Å². The second-order valence-electron chi connectivity index (χ2n) is 9.03. The zero-order chi connectivity index (χ0) is 28.2. The highest BCUT2D eigenvalue weighted by Crippen LogP contribution is 2.38. The van der Waals surface area contributed by atoms with Crippen LogP contribution in [0.4, 0.5) is 5.95 Å². The summed E-state index contributed by atoms with van der Waals surface area (Å²) in [5, 5.41) is 7.48. The smallest absolute Gasteiger partial charge is 0.243 e. The maximum absolute atomic E-state index is 13.8. The summed E-state index contributed by atoms with van der Waals surface area (Å²) in [6.45, 7) is 7.08. The predicted octanol–water partition coefficient (Wildman–Crippen LogP) is 3.74. The number of hydrogen-bond acceptors (Lipinski definition) is 10. The molecule has 0 fully saturated rings. The molecule has 0 aliphatic heterocycles. The second-order valence-corrected chi connectivity index (χ2v) is 11.1. The number of nitrogens with one attached hydrogen (secondary N) is 1. The van der Waals surface area contributed by atoms with Crippen LogP contribution in [0.2, 0.25) is 0 Å². The quantitative estimate of drug-likeness (QED) is 0.292. The van der Waals surface area contributed by atoms with Crippen LogP contribution in [-0.4, -0.2) is 63.7 Å². The van der Waals surface area contributed by atoms with Crippen LogP contribution in [0.5, 0.6) is 11.5 Å². The molecule has 0 bridgehead atoms. The summed E-state index contributed by atoms with van der Waals surface area (Å²) in [5.41, 5.74) is 2.32. The maximum Gasteiger partial charge on any atom is 0.243 e. The van der Waals surface area contributed by atoms with Crippen LogP contribution in [0.3, 0.4) is 0 Å². The average Bonchev–Trinajstić information content (AvgIpc) is 3.33. The van der Waals surface area contributed by atoms with Crippen molar-refractivity contribution in [3.05, 3.63) is 66.5 Å². The van der Waals surface area contributed by atoms with Crippen LogP contribution >= 0.6 is 0 Å². The van der Waals surface area contributed by atoms with Crippen molar-refractivity contribution in [3.63, 3.8) is 0 Å². The van der Waals surface area contributed by atoms with Gasteiger partial charge in [-0.3, -0.25) is 24.2 Å². The lowest BCUT2D eigenvalue weighted by atomic mass is 10.2. The van der Waals surface area contributed by atoms with Gasteiger partial charge in [0, 0.05) is 30.4 Å². The van der Waals surface area contributed by atoms with E-state index >= 15 is 0 Å². The zero-order valence-electron chi connectivity index (χ0n) is 22.6. The average molecular weight is 554 g/mol. The van der Waals surface area contributed by atoms with Crippen LogP contribution in [0.1, 0.15) is 38.1 Å². The molecular weight excluding hydrogens is 522 g/mol. The van der Waals surface area contributed by atoms with Crippen LogP contribution in [0, 0.1) is 6.92 Å². The molecule has 39 heavy (non-hydrogen) atoms. The number of aromatic nitrogens is 6. The minimum atomic E-state index is -4.12. The fourth-order valence-corrected chi connectivity index (χ4v) is 5.13. The molecule has 0 aliphatic rings. The van der Waals surface area contributed by atoms with Crippen molar-refractivity contribution in [3.8, 4) is 28.6 Å². The molecule has 0 radical (unpaired) electrons. The molecule has 13 heteroatoms. The van der Waals surface area contributed by atoms with Gasteiger partial charge >= 0.3 is 0 Å². The third-order valence-corrected chi connectivity index (χ3v) is 7.56. The highest BCUT2D eigenvalue weighted by molar-refractivity contribution is 7.93. The van der Waals surface area contributed by atoms with Crippen molar-refractivity contribution in [2.45, 2.75) is 45.2 Å². The number of para-hydroxylation sites is 1. The van der Waals surface area contributed by atoms with E-state index in [1.54, 1.807) is 42.1 Å². The van der Waals surface area contributed by atoms with E-state index in [0.29, 0.717) is 34.3 Å². The molecule has 0 saturated carbocycles. The van der Waals surface area contributed by atoms with Crippen LogP contribution in [0.15, 0.2) is 55.2 Å². The first-order chi connectivity index (χ1) is 18.7. The molecule has 3 aromatic heterocycles. The Labute approximate surface area is 227 Å². The van der Waals surface area contributed by atoms with E-state index in [9.17, 15) is 8.42 Å². The number of ether oxygens (including phenoxy) is 3. The van der Waals surface area contributed by atoms with Gasteiger partial charge in [0.1, 0.15) is 28.5 Å². The maximum atomic E-state index is 13.8. The van der Waals surface area contributed by atoms with E-state index in [-0.39, 0.29) is 12.1 Å². The van der Waals surface area contributed by atoms with Crippen LogP contribution in [-0.2, 0) is 14.8 Å². The van der Waals surface area contributed by atoms with Crippen molar-refractivity contribution in [1.29, 1.82) is 0 Å². The number of sulfonamides is 1. The lowest BCUT2D eigenvalue weighted by molar-refractivity contribution is 0.00396. The van der Waals surface area contributed by atoms with E-state index in [0.717, 1.165) is 5.56 Å². The molecule has 206 valence electrons. The van der Waals surface area contributed by atoms with Crippen molar-refractivity contribution in [1.82, 2.24) is 29.7 Å². The number of hydrogen-bond donors (Lipinski definition) is 1. The molecule has 4 rings (SSSR count). The number of pyridine rings is 1. The predicted molar refractivity (Wildman–Crippen MR) is 145 cm³/mol. The molecule has 4 aromatic rings. The number of rotatable bonds is 11. The SMILES string of the molecule is COc1cccc(OC)c1-n1c(NS(=O)(=O)[C@H](C)[C@H](OC(C)C)c2cnccn2)nnc1-c1cncc(C)c1. The number of anilines is 1. The van der Waals surface area contributed by atoms with E-state index in [1.165, 1.54) is 32.8 Å². The first-order valence-corrected chi connectivity index (χ1v) is 13.7. The second kappa shape index (κ2) is 11.7. The molecule has 0 aliphatic carbocycles. The largest absolute Gasteiger partial charge is 0.494 e. The normalized spacial score (nSPS) is 13.2. The number of benzene rings is 1. The van der Waals surface area contributed by atoms with Gasteiger partial charge in [-0.15, -0.1) is 10.2 Å². The van der Waals surface area contributed by atoms with Gasteiger partial charge in [-0.05, 0) is 51.5 Å². The van der Waals surface area contributed by atoms with Crippen LogP contribution < -0.4 is 14.2 Å². The summed E-state index contributed by atoms with van der Waals surface area (Å²) in [6, 6.07) is 7.10. The molecular formula is C26H31N7O5S. The number of aryl methyl sites for hydroxylation is 1.